The number of nitrogens with zero attached hydrogens (tertiary/aromatic N) is 3. The largest absolute Gasteiger partial charge is 0.260 e. The predicted octanol–water partition coefficient (Wildman–Crippen LogP) is 1.59. The van der Waals surface area contributed by atoms with Crippen LogP contribution in [0.15, 0.2) is 17.2 Å². The average Bonchev–Trinajstić information content (AvgIpc) is 2.92. The first-order valence-electron chi connectivity index (χ1n) is 4.44. The zero-order valence-electron chi connectivity index (χ0n) is 7.57. The smallest absolute Gasteiger partial charge is 0.168 e. The van der Waals surface area contributed by atoms with Gasteiger partial charge in [-0.15, -0.1) is 5.10 Å². The molecule has 0 bridgehead atoms. The zero-order valence-corrected chi connectivity index (χ0v) is 7.57. The summed E-state index contributed by atoms with van der Waals surface area (Å²) in [6.45, 7) is 1.91. The fraction of sp³-hybridized carbons (Fsp3) is 0.444. The van der Waals surface area contributed by atoms with Crippen LogP contribution < -0.4 is 5.43 Å². The molecule has 1 aromatic rings. The van der Waals surface area contributed by atoms with E-state index in [9.17, 15) is 0 Å². The van der Waals surface area contributed by atoms with Crippen molar-refractivity contribution in [1.82, 2.24) is 10.2 Å². The summed E-state index contributed by atoms with van der Waals surface area (Å²) in [6, 6.07) is 3.77. The van der Waals surface area contributed by atoms with Crippen molar-refractivity contribution < 1.29 is 0 Å². The molecule has 4 nitrogen and oxygen atoms in total. The van der Waals surface area contributed by atoms with Crippen molar-refractivity contribution in [3.63, 3.8) is 0 Å². The maximum absolute atomic E-state index is 4.06. The second-order valence-electron chi connectivity index (χ2n) is 3.29. The molecule has 0 radical (unpaired) electrons. The Labute approximate surface area is 77.1 Å². The van der Waals surface area contributed by atoms with Crippen LogP contribution in [0.1, 0.15) is 18.5 Å². The summed E-state index contributed by atoms with van der Waals surface area (Å²) in [6.07, 6.45) is 4.47. The molecule has 2 rings (SSSR count). The van der Waals surface area contributed by atoms with Crippen molar-refractivity contribution in [2.24, 2.45) is 11.0 Å². The van der Waals surface area contributed by atoms with E-state index < -0.39 is 0 Å². The van der Waals surface area contributed by atoms with Gasteiger partial charge in [0.2, 0.25) is 0 Å². The molecular weight excluding hydrogens is 164 g/mol. The fourth-order valence-electron chi connectivity index (χ4n) is 0.913. The van der Waals surface area contributed by atoms with Gasteiger partial charge in [-0.05, 0) is 37.8 Å². The van der Waals surface area contributed by atoms with Crippen LogP contribution in [-0.2, 0) is 0 Å². The van der Waals surface area contributed by atoms with Crippen LogP contribution in [0.5, 0.6) is 0 Å². The van der Waals surface area contributed by atoms with E-state index in [0.717, 1.165) is 5.69 Å². The lowest BCUT2D eigenvalue weighted by atomic mass is 10.4. The predicted molar refractivity (Wildman–Crippen MR) is 51.6 cm³/mol. The standard InChI is InChI=1S/C9H12N4/c1-7-2-5-9(13-11-7)12-10-6-8-3-4-8/h2,5-6,8H,3-4H2,1H3,(H,12,13)/b10-6+. The van der Waals surface area contributed by atoms with Crippen LogP contribution in [0.25, 0.3) is 0 Å². The molecule has 0 aliphatic heterocycles. The van der Waals surface area contributed by atoms with E-state index in [-0.39, 0.29) is 0 Å². The van der Waals surface area contributed by atoms with Crippen LogP contribution >= 0.6 is 0 Å². The number of aryl methyl sites for hydroxylation is 1. The molecule has 1 fully saturated rings. The van der Waals surface area contributed by atoms with Gasteiger partial charge in [0.1, 0.15) is 0 Å². The van der Waals surface area contributed by atoms with Crippen LogP contribution in [0.3, 0.4) is 0 Å². The number of aromatic nitrogens is 2. The van der Waals surface area contributed by atoms with E-state index in [0.29, 0.717) is 11.7 Å². The quantitative estimate of drug-likeness (QED) is 0.562. The number of rotatable bonds is 3. The third kappa shape index (κ3) is 2.50. The maximum Gasteiger partial charge on any atom is 0.168 e. The van der Waals surface area contributed by atoms with Crippen molar-refractivity contribution >= 4 is 12.0 Å². The Morgan fingerprint density at radius 1 is 1.46 bits per heavy atom. The molecule has 0 spiro atoms. The first-order valence-corrected chi connectivity index (χ1v) is 4.44. The molecule has 0 atom stereocenters. The van der Waals surface area contributed by atoms with Gasteiger partial charge >= 0.3 is 0 Å². The molecule has 4 heteroatoms. The molecule has 1 N–H and O–H groups in total. The van der Waals surface area contributed by atoms with Crippen molar-refractivity contribution in [2.75, 3.05) is 5.43 Å². The van der Waals surface area contributed by atoms with Gasteiger partial charge in [-0.3, -0.25) is 5.43 Å². The Balaban J connectivity index is 1.89. The minimum atomic E-state index is 0.686. The Bertz CT molecular complexity index is 300. The van der Waals surface area contributed by atoms with Gasteiger partial charge in [-0.2, -0.15) is 10.2 Å². The van der Waals surface area contributed by atoms with E-state index >= 15 is 0 Å². The minimum absolute atomic E-state index is 0.686. The van der Waals surface area contributed by atoms with Gasteiger partial charge in [-0.25, -0.2) is 0 Å². The van der Waals surface area contributed by atoms with E-state index in [4.69, 9.17) is 0 Å². The van der Waals surface area contributed by atoms with E-state index in [1.807, 2.05) is 25.3 Å². The molecule has 0 aromatic carbocycles. The summed E-state index contributed by atoms with van der Waals surface area (Å²) in [5, 5.41) is 11.9. The highest BCUT2D eigenvalue weighted by Gasteiger charge is 2.18. The van der Waals surface area contributed by atoms with Gasteiger partial charge in [0.05, 0.1) is 5.69 Å². The summed E-state index contributed by atoms with van der Waals surface area (Å²) in [7, 11) is 0. The van der Waals surface area contributed by atoms with E-state index in [1.165, 1.54) is 12.8 Å². The molecule has 0 amide bonds. The number of hydrazone groups is 1. The Morgan fingerprint density at radius 2 is 2.31 bits per heavy atom. The van der Waals surface area contributed by atoms with E-state index in [2.05, 4.69) is 20.7 Å². The number of hydrogen-bond donors (Lipinski definition) is 1. The summed E-state index contributed by atoms with van der Waals surface area (Å²) in [5.74, 6) is 1.38. The first-order chi connectivity index (χ1) is 6.34. The molecule has 1 aromatic heterocycles. The molecule has 1 saturated carbocycles. The monoisotopic (exact) mass is 176 g/mol. The molecular formula is C9H12N4. The fourth-order valence-corrected chi connectivity index (χ4v) is 0.913. The highest BCUT2D eigenvalue weighted by atomic mass is 15.3. The molecule has 1 aliphatic rings. The second kappa shape index (κ2) is 3.51. The number of hydrogen-bond acceptors (Lipinski definition) is 4. The van der Waals surface area contributed by atoms with Crippen molar-refractivity contribution in [1.29, 1.82) is 0 Å². The first kappa shape index (κ1) is 8.16. The summed E-state index contributed by atoms with van der Waals surface area (Å²) < 4.78 is 0. The minimum Gasteiger partial charge on any atom is -0.260 e. The van der Waals surface area contributed by atoms with Crippen molar-refractivity contribution in [2.45, 2.75) is 19.8 Å². The van der Waals surface area contributed by atoms with Gasteiger partial charge < -0.3 is 0 Å². The Morgan fingerprint density at radius 3 is 2.92 bits per heavy atom. The zero-order chi connectivity index (χ0) is 9.10. The summed E-state index contributed by atoms with van der Waals surface area (Å²) in [5.41, 5.74) is 3.75. The molecule has 0 saturated heterocycles. The van der Waals surface area contributed by atoms with Crippen LogP contribution in [0.2, 0.25) is 0 Å². The Kier molecular flexibility index (Phi) is 2.21. The van der Waals surface area contributed by atoms with Gasteiger partial charge in [0.25, 0.3) is 0 Å². The van der Waals surface area contributed by atoms with Crippen molar-refractivity contribution in [3.8, 4) is 0 Å². The summed E-state index contributed by atoms with van der Waals surface area (Å²) >= 11 is 0. The van der Waals surface area contributed by atoms with Crippen molar-refractivity contribution in [3.05, 3.63) is 17.8 Å². The number of nitrogens with one attached hydrogen (secondary N) is 1. The lowest BCUT2D eigenvalue weighted by Gasteiger charge is -1.96. The molecule has 0 unspecified atom stereocenters. The van der Waals surface area contributed by atoms with Crippen LogP contribution in [-0.4, -0.2) is 16.4 Å². The lowest BCUT2D eigenvalue weighted by Crippen LogP contribution is -1.95. The number of anilines is 1. The van der Waals surface area contributed by atoms with Crippen LogP contribution in [0.4, 0.5) is 5.82 Å². The van der Waals surface area contributed by atoms with Gasteiger partial charge in [-0.1, -0.05) is 0 Å². The van der Waals surface area contributed by atoms with Gasteiger partial charge in [0, 0.05) is 6.21 Å². The van der Waals surface area contributed by atoms with Crippen LogP contribution in [0, 0.1) is 12.8 Å². The normalized spacial score (nSPS) is 16.4. The maximum atomic E-state index is 4.06. The van der Waals surface area contributed by atoms with Gasteiger partial charge in [0.15, 0.2) is 5.82 Å². The topological polar surface area (TPSA) is 50.2 Å². The molecule has 1 aliphatic carbocycles. The highest BCUT2D eigenvalue weighted by Crippen LogP contribution is 2.26. The molecule has 68 valence electrons. The molecule has 1 heterocycles. The summed E-state index contributed by atoms with van der Waals surface area (Å²) in [4.78, 5) is 0. The Hall–Kier alpha value is -1.45. The van der Waals surface area contributed by atoms with E-state index in [1.54, 1.807) is 0 Å². The SMILES string of the molecule is Cc1ccc(N/N=C/C2CC2)nn1. The molecule has 13 heavy (non-hydrogen) atoms. The highest BCUT2D eigenvalue weighted by molar-refractivity contribution is 5.64. The third-order valence-corrected chi connectivity index (χ3v) is 1.88. The second-order valence-corrected chi connectivity index (χ2v) is 3.29. The average molecular weight is 176 g/mol. The third-order valence-electron chi connectivity index (χ3n) is 1.88. The lowest BCUT2D eigenvalue weighted by molar-refractivity contribution is 0.974.